The summed E-state index contributed by atoms with van der Waals surface area (Å²) in [6.07, 6.45) is 0.815. The zero-order chi connectivity index (χ0) is 20.8. The quantitative estimate of drug-likeness (QED) is 0.352. The molecule has 0 aliphatic heterocycles. The molecule has 0 saturated carbocycles. The molecule has 152 valence electrons. The minimum atomic E-state index is -0.303. The van der Waals surface area contributed by atoms with Crippen LogP contribution >= 0.6 is 0 Å². The molecule has 2 aromatic carbocycles. The largest absolute Gasteiger partial charge is 0.379 e. The number of hydrazone groups is 1. The van der Waals surface area contributed by atoms with Gasteiger partial charge >= 0.3 is 0 Å². The van der Waals surface area contributed by atoms with Crippen molar-refractivity contribution in [2.45, 2.75) is 39.8 Å². The Kier molecular flexibility index (Phi) is 6.72. The van der Waals surface area contributed by atoms with E-state index >= 15 is 0 Å². The molecule has 3 aromatic rings. The van der Waals surface area contributed by atoms with Gasteiger partial charge in [0.25, 0.3) is 5.56 Å². The second-order valence-electron chi connectivity index (χ2n) is 7.00. The molecule has 6 nitrogen and oxygen atoms in total. The van der Waals surface area contributed by atoms with E-state index in [1.165, 1.54) is 12.1 Å². The zero-order valence-corrected chi connectivity index (χ0v) is 16.9. The molecule has 0 amide bonds. The van der Waals surface area contributed by atoms with Gasteiger partial charge in [-0.15, -0.1) is 0 Å². The molecular weight excluding hydrogens is 371 g/mol. The van der Waals surface area contributed by atoms with E-state index in [2.05, 4.69) is 15.5 Å². The van der Waals surface area contributed by atoms with Crippen molar-refractivity contribution in [2.75, 3.05) is 12.0 Å². The average molecular weight is 396 g/mol. The van der Waals surface area contributed by atoms with Gasteiger partial charge < -0.3 is 4.74 Å². The van der Waals surface area contributed by atoms with E-state index < -0.39 is 0 Å². The molecule has 0 aliphatic carbocycles. The number of hydrogen-bond donors (Lipinski definition) is 1. The molecule has 0 atom stereocenters. The van der Waals surface area contributed by atoms with Crippen LogP contribution in [0.5, 0.6) is 0 Å². The maximum Gasteiger partial charge on any atom is 0.262 e. The molecule has 1 heterocycles. The first-order chi connectivity index (χ1) is 14.0. The van der Waals surface area contributed by atoms with Crippen molar-refractivity contribution in [1.29, 1.82) is 0 Å². The molecule has 0 bridgehead atoms. The standard InChI is InChI=1S/C22H25FN4O2/c1-15(2)29-14-6-13-27-21(28)19-7-4-5-8-20(19)24-22(27)26-25-16(3)17-9-11-18(23)12-10-17/h4-5,7-12,15H,6,13-14H2,1-3H3,(H,24,26)/b25-16-. The summed E-state index contributed by atoms with van der Waals surface area (Å²) < 4.78 is 20.3. The topological polar surface area (TPSA) is 68.5 Å². The fourth-order valence-electron chi connectivity index (χ4n) is 2.89. The number of hydrogen-bond acceptors (Lipinski definition) is 5. The molecule has 0 radical (unpaired) electrons. The molecule has 1 aromatic heterocycles. The smallest absolute Gasteiger partial charge is 0.262 e. The predicted molar refractivity (Wildman–Crippen MR) is 114 cm³/mol. The number of aromatic nitrogens is 2. The molecular formula is C22H25FN4O2. The number of halogens is 1. The van der Waals surface area contributed by atoms with Gasteiger partial charge in [-0.1, -0.05) is 24.3 Å². The molecule has 3 rings (SSSR count). The van der Waals surface area contributed by atoms with E-state index in [1.807, 2.05) is 26.0 Å². The van der Waals surface area contributed by atoms with Crippen molar-refractivity contribution in [2.24, 2.45) is 5.10 Å². The van der Waals surface area contributed by atoms with Crippen LogP contribution in [0.2, 0.25) is 0 Å². The van der Waals surface area contributed by atoms with Gasteiger partial charge in [-0.2, -0.15) is 5.10 Å². The summed E-state index contributed by atoms with van der Waals surface area (Å²) >= 11 is 0. The fourth-order valence-corrected chi connectivity index (χ4v) is 2.89. The van der Waals surface area contributed by atoms with E-state index in [0.717, 1.165) is 5.56 Å². The minimum Gasteiger partial charge on any atom is -0.379 e. The summed E-state index contributed by atoms with van der Waals surface area (Å²) in [6.45, 7) is 6.76. The summed E-state index contributed by atoms with van der Waals surface area (Å²) in [5, 5.41) is 4.91. The number of anilines is 1. The molecule has 0 spiro atoms. The normalized spacial score (nSPS) is 12.0. The van der Waals surface area contributed by atoms with Crippen molar-refractivity contribution in [3.8, 4) is 0 Å². The first kappa shape index (κ1) is 20.7. The van der Waals surface area contributed by atoms with Crippen molar-refractivity contribution in [1.82, 2.24) is 9.55 Å². The highest BCUT2D eigenvalue weighted by Gasteiger charge is 2.11. The Hall–Kier alpha value is -3.06. The monoisotopic (exact) mass is 396 g/mol. The maximum atomic E-state index is 13.1. The van der Waals surface area contributed by atoms with Crippen LogP contribution in [0.15, 0.2) is 58.4 Å². The van der Waals surface area contributed by atoms with Gasteiger partial charge in [0.1, 0.15) is 5.82 Å². The molecule has 7 heteroatoms. The van der Waals surface area contributed by atoms with E-state index in [-0.39, 0.29) is 17.5 Å². The Morgan fingerprint density at radius 3 is 2.66 bits per heavy atom. The lowest BCUT2D eigenvalue weighted by Gasteiger charge is -2.14. The Morgan fingerprint density at radius 2 is 1.93 bits per heavy atom. The van der Waals surface area contributed by atoms with E-state index in [9.17, 15) is 9.18 Å². The number of ether oxygens (including phenoxy) is 1. The molecule has 0 saturated heterocycles. The third-order valence-corrected chi connectivity index (χ3v) is 4.42. The van der Waals surface area contributed by atoms with Crippen LogP contribution in [0.25, 0.3) is 10.9 Å². The Balaban J connectivity index is 1.89. The lowest BCUT2D eigenvalue weighted by atomic mass is 10.1. The fraction of sp³-hybridized carbons (Fsp3) is 0.318. The van der Waals surface area contributed by atoms with E-state index in [0.29, 0.717) is 42.1 Å². The summed E-state index contributed by atoms with van der Waals surface area (Å²) in [5.74, 6) is 0.0582. The maximum absolute atomic E-state index is 13.1. The second-order valence-corrected chi connectivity index (χ2v) is 7.00. The third-order valence-electron chi connectivity index (χ3n) is 4.42. The first-order valence-electron chi connectivity index (χ1n) is 9.63. The van der Waals surface area contributed by atoms with Crippen LogP contribution in [-0.2, 0) is 11.3 Å². The van der Waals surface area contributed by atoms with Gasteiger partial charge in [0.15, 0.2) is 0 Å². The number of para-hydroxylation sites is 1. The lowest BCUT2D eigenvalue weighted by Crippen LogP contribution is -2.25. The van der Waals surface area contributed by atoms with Crippen molar-refractivity contribution in [3.63, 3.8) is 0 Å². The van der Waals surface area contributed by atoms with Gasteiger partial charge in [-0.05, 0) is 57.0 Å². The van der Waals surface area contributed by atoms with Gasteiger partial charge in [0.2, 0.25) is 5.95 Å². The van der Waals surface area contributed by atoms with Crippen LogP contribution in [0.3, 0.4) is 0 Å². The van der Waals surface area contributed by atoms with Crippen molar-refractivity contribution >= 4 is 22.6 Å². The van der Waals surface area contributed by atoms with Crippen molar-refractivity contribution < 1.29 is 9.13 Å². The highest BCUT2D eigenvalue weighted by molar-refractivity contribution is 5.99. The van der Waals surface area contributed by atoms with Crippen LogP contribution in [0.1, 0.15) is 32.8 Å². The van der Waals surface area contributed by atoms with E-state index in [1.54, 1.807) is 35.8 Å². The van der Waals surface area contributed by atoms with Gasteiger partial charge in [-0.3, -0.25) is 9.36 Å². The van der Waals surface area contributed by atoms with Crippen molar-refractivity contribution in [3.05, 3.63) is 70.3 Å². The zero-order valence-electron chi connectivity index (χ0n) is 16.9. The van der Waals surface area contributed by atoms with Gasteiger partial charge in [-0.25, -0.2) is 14.8 Å². The van der Waals surface area contributed by atoms with Crippen LogP contribution in [0.4, 0.5) is 10.3 Å². The summed E-state index contributed by atoms with van der Waals surface area (Å²) in [4.78, 5) is 17.6. The first-order valence-corrected chi connectivity index (χ1v) is 9.63. The summed E-state index contributed by atoms with van der Waals surface area (Å²) in [6, 6.07) is 13.3. The molecule has 29 heavy (non-hydrogen) atoms. The lowest BCUT2D eigenvalue weighted by molar-refractivity contribution is 0.0748. The second kappa shape index (κ2) is 9.43. The Morgan fingerprint density at radius 1 is 1.21 bits per heavy atom. The van der Waals surface area contributed by atoms with E-state index in [4.69, 9.17) is 4.74 Å². The van der Waals surface area contributed by atoms with Gasteiger partial charge in [0, 0.05) is 13.2 Å². The molecule has 0 fully saturated rings. The number of nitrogens with zero attached hydrogens (tertiary/aromatic N) is 3. The van der Waals surface area contributed by atoms with Gasteiger partial charge in [0.05, 0.1) is 22.7 Å². The number of nitrogens with one attached hydrogen (secondary N) is 1. The van der Waals surface area contributed by atoms with Crippen LogP contribution < -0.4 is 11.0 Å². The molecule has 1 N–H and O–H groups in total. The number of fused-ring (bicyclic) bond motifs is 1. The Labute approximate surface area is 169 Å². The van der Waals surface area contributed by atoms with Crippen LogP contribution in [-0.4, -0.2) is 28.0 Å². The average Bonchev–Trinajstić information content (AvgIpc) is 2.71. The summed E-state index contributed by atoms with van der Waals surface area (Å²) in [7, 11) is 0. The molecule has 0 unspecified atom stereocenters. The Bertz CT molecular complexity index is 1060. The number of rotatable bonds is 8. The summed E-state index contributed by atoms with van der Waals surface area (Å²) in [5.41, 5.74) is 4.82. The highest BCUT2D eigenvalue weighted by Crippen LogP contribution is 2.13. The minimum absolute atomic E-state index is 0.128. The molecule has 0 aliphatic rings. The number of benzene rings is 2. The predicted octanol–water partition coefficient (Wildman–Crippen LogP) is 4.19. The SMILES string of the molecule is C/C(=N/Nc1nc2ccccc2c(=O)n1CCCOC(C)C)c1ccc(F)cc1. The van der Waals surface area contributed by atoms with Crippen LogP contribution in [0, 0.1) is 5.82 Å². The highest BCUT2D eigenvalue weighted by atomic mass is 19.1. The third kappa shape index (κ3) is 5.26.